The molecule has 2 rings (SSSR count). The van der Waals surface area contributed by atoms with Crippen molar-refractivity contribution in [3.05, 3.63) is 29.8 Å². The fourth-order valence-corrected chi connectivity index (χ4v) is 4.26. The summed E-state index contributed by atoms with van der Waals surface area (Å²) in [5, 5.41) is 11.2. The predicted molar refractivity (Wildman–Crippen MR) is 80.4 cm³/mol. The van der Waals surface area contributed by atoms with Crippen molar-refractivity contribution >= 4 is 21.4 Å². The van der Waals surface area contributed by atoms with Crippen LogP contribution in [0.3, 0.4) is 0 Å². The highest BCUT2D eigenvalue weighted by Crippen LogP contribution is 2.26. The van der Waals surface area contributed by atoms with Crippen molar-refractivity contribution in [2.45, 2.75) is 25.7 Å². The number of nitriles is 1. The van der Waals surface area contributed by atoms with Gasteiger partial charge in [0.2, 0.25) is 5.91 Å². The van der Waals surface area contributed by atoms with Gasteiger partial charge in [-0.3, -0.25) is 4.79 Å². The Morgan fingerprint density at radius 2 is 1.86 bits per heavy atom. The second kappa shape index (κ2) is 6.72. The molecule has 6 heteroatoms. The number of sulfone groups is 1. The Labute approximate surface area is 124 Å². The van der Waals surface area contributed by atoms with Crippen LogP contribution in [0.5, 0.6) is 0 Å². The molecular weight excluding hydrogens is 288 g/mol. The van der Waals surface area contributed by atoms with Gasteiger partial charge in [-0.15, -0.1) is 0 Å². The number of hydrogen-bond donors (Lipinski definition) is 1. The van der Waals surface area contributed by atoms with Crippen LogP contribution in [0, 0.1) is 17.2 Å². The highest BCUT2D eigenvalue weighted by molar-refractivity contribution is 7.92. The van der Waals surface area contributed by atoms with E-state index in [1.807, 2.05) is 6.07 Å². The molecule has 1 aliphatic carbocycles. The summed E-state index contributed by atoms with van der Waals surface area (Å²) in [6, 6.07) is 8.29. The van der Waals surface area contributed by atoms with Crippen LogP contribution in [0.4, 0.5) is 5.69 Å². The first-order chi connectivity index (χ1) is 9.98. The summed E-state index contributed by atoms with van der Waals surface area (Å²) in [6.07, 6.45) is 4.04. The molecule has 0 aromatic heterocycles. The van der Waals surface area contributed by atoms with Crippen LogP contribution in [-0.2, 0) is 14.6 Å². The number of amides is 1. The van der Waals surface area contributed by atoms with Crippen molar-refractivity contribution in [2.75, 3.05) is 16.8 Å². The molecule has 1 aliphatic rings. The van der Waals surface area contributed by atoms with Crippen molar-refractivity contribution < 1.29 is 13.2 Å². The Kier molecular flexibility index (Phi) is 4.97. The predicted octanol–water partition coefficient (Wildman–Crippen LogP) is 2.10. The van der Waals surface area contributed by atoms with Crippen LogP contribution in [-0.4, -0.2) is 25.8 Å². The molecule has 0 aliphatic heterocycles. The third-order valence-corrected chi connectivity index (χ3v) is 5.29. The normalized spacial score (nSPS) is 15.6. The van der Waals surface area contributed by atoms with Gasteiger partial charge in [0.15, 0.2) is 9.84 Å². The average Bonchev–Trinajstić information content (AvgIpc) is 2.90. The molecule has 0 heterocycles. The van der Waals surface area contributed by atoms with Gasteiger partial charge in [-0.25, -0.2) is 8.42 Å². The molecule has 0 atom stereocenters. The molecule has 1 amide bonds. The SMILES string of the molecule is N#Cc1ccc(NC(=O)CS(=O)(=O)CC2CCCC2)cc1. The van der Waals surface area contributed by atoms with Crippen LogP contribution >= 0.6 is 0 Å². The van der Waals surface area contributed by atoms with Gasteiger partial charge >= 0.3 is 0 Å². The lowest BCUT2D eigenvalue weighted by molar-refractivity contribution is -0.113. The van der Waals surface area contributed by atoms with Crippen molar-refractivity contribution in [3.63, 3.8) is 0 Å². The summed E-state index contributed by atoms with van der Waals surface area (Å²) in [4.78, 5) is 11.8. The summed E-state index contributed by atoms with van der Waals surface area (Å²) in [7, 11) is -3.36. The Balaban J connectivity index is 1.89. The van der Waals surface area contributed by atoms with Crippen molar-refractivity contribution in [1.29, 1.82) is 5.26 Å². The van der Waals surface area contributed by atoms with Gasteiger partial charge in [-0.2, -0.15) is 5.26 Å². The van der Waals surface area contributed by atoms with Crippen molar-refractivity contribution in [2.24, 2.45) is 5.92 Å². The van der Waals surface area contributed by atoms with Crippen molar-refractivity contribution in [1.82, 2.24) is 0 Å². The molecule has 1 aromatic rings. The van der Waals surface area contributed by atoms with Crippen LogP contribution in [0.25, 0.3) is 0 Å². The monoisotopic (exact) mass is 306 g/mol. The zero-order chi connectivity index (χ0) is 15.3. The first kappa shape index (κ1) is 15.5. The fourth-order valence-electron chi connectivity index (χ4n) is 2.62. The molecule has 0 unspecified atom stereocenters. The highest BCUT2D eigenvalue weighted by atomic mass is 32.2. The molecule has 0 bridgehead atoms. The largest absolute Gasteiger partial charge is 0.325 e. The molecule has 1 N–H and O–H groups in total. The molecule has 112 valence electrons. The Bertz CT molecular complexity index is 638. The second-order valence-corrected chi connectivity index (χ2v) is 7.55. The lowest BCUT2D eigenvalue weighted by Gasteiger charge is -2.10. The Morgan fingerprint density at radius 3 is 2.43 bits per heavy atom. The maximum atomic E-state index is 12.0. The maximum absolute atomic E-state index is 12.0. The number of anilines is 1. The van der Waals surface area contributed by atoms with E-state index in [1.54, 1.807) is 24.3 Å². The zero-order valence-electron chi connectivity index (χ0n) is 11.7. The minimum absolute atomic E-state index is 0.105. The van der Waals surface area contributed by atoms with E-state index in [4.69, 9.17) is 5.26 Å². The summed E-state index contributed by atoms with van der Waals surface area (Å²) in [5.74, 6) is -0.701. The Morgan fingerprint density at radius 1 is 1.24 bits per heavy atom. The quantitative estimate of drug-likeness (QED) is 0.902. The number of rotatable bonds is 5. The molecule has 1 fully saturated rings. The van der Waals surface area contributed by atoms with Gasteiger partial charge in [0.25, 0.3) is 0 Å². The van der Waals surface area contributed by atoms with Gasteiger partial charge in [0, 0.05) is 5.69 Å². The zero-order valence-corrected chi connectivity index (χ0v) is 12.5. The summed E-state index contributed by atoms with van der Waals surface area (Å²) < 4.78 is 24.0. The summed E-state index contributed by atoms with van der Waals surface area (Å²) in [5.41, 5.74) is 0.983. The smallest absolute Gasteiger partial charge is 0.239 e. The number of carbonyl (C=O) groups is 1. The molecule has 0 radical (unpaired) electrons. The van der Waals surface area contributed by atoms with Gasteiger partial charge in [-0.1, -0.05) is 12.8 Å². The molecule has 5 nitrogen and oxygen atoms in total. The van der Waals surface area contributed by atoms with E-state index < -0.39 is 21.5 Å². The molecule has 0 saturated heterocycles. The van der Waals surface area contributed by atoms with Gasteiger partial charge in [0.05, 0.1) is 17.4 Å². The molecule has 21 heavy (non-hydrogen) atoms. The molecule has 1 saturated carbocycles. The summed E-state index contributed by atoms with van der Waals surface area (Å²) in [6.45, 7) is 0. The van der Waals surface area contributed by atoms with E-state index in [2.05, 4.69) is 5.32 Å². The first-order valence-electron chi connectivity index (χ1n) is 6.99. The van der Waals surface area contributed by atoms with Gasteiger partial charge < -0.3 is 5.32 Å². The van der Waals surface area contributed by atoms with E-state index in [0.29, 0.717) is 11.3 Å². The molecule has 0 spiro atoms. The van der Waals surface area contributed by atoms with E-state index >= 15 is 0 Å². The number of carbonyl (C=O) groups excluding carboxylic acids is 1. The fraction of sp³-hybridized carbons (Fsp3) is 0.467. The number of benzene rings is 1. The lowest BCUT2D eigenvalue weighted by Crippen LogP contribution is -2.26. The van der Waals surface area contributed by atoms with Gasteiger partial charge in [-0.05, 0) is 43.0 Å². The van der Waals surface area contributed by atoms with Crippen molar-refractivity contribution in [3.8, 4) is 6.07 Å². The lowest BCUT2D eigenvalue weighted by atomic mass is 10.1. The number of hydrogen-bond acceptors (Lipinski definition) is 4. The molecular formula is C15H18N2O3S. The van der Waals surface area contributed by atoms with Crippen LogP contribution < -0.4 is 5.32 Å². The highest BCUT2D eigenvalue weighted by Gasteiger charge is 2.24. The van der Waals surface area contributed by atoms with E-state index in [9.17, 15) is 13.2 Å². The average molecular weight is 306 g/mol. The van der Waals surface area contributed by atoms with E-state index in [0.717, 1.165) is 25.7 Å². The maximum Gasteiger partial charge on any atom is 0.239 e. The van der Waals surface area contributed by atoms with E-state index in [1.165, 1.54) is 0 Å². The number of nitrogens with zero attached hydrogens (tertiary/aromatic N) is 1. The van der Waals surface area contributed by atoms with Gasteiger partial charge in [0.1, 0.15) is 5.75 Å². The van der Waals surface area contributed by atoms with Crippen LogP contribution in [0.15, 0.2) is 24.3 Å². The van der Waals surface area contributed by atoms with E-state index in [-0.39, 0.29) is 11.7 Å². The minimum Gasteiger partial charge on any atom is -0.325 e. The number of nitrogens with one attached hydrogen (secondary N) is 1. The third-order valence-electron chi connectivity index (χ3n) is 3.61. The first-order valence-corrected chi connectivity index (χ1v) is 8.81. The third kappa shape index (κ3) is 4.87. The minimum atomic E-state index is -3.36. The topological polar surface area (TPSA) is 87.0 Å². The Hall–Kier alpha value is -1.87. The molecule has 1 aromatic carbocycles. The summed E-state index contributed by atoms with van der Waals surface area (Å²) >= 11 is 0. The van der Waals surface area contributed by atoms with Crippen LogP contribution in [0.1, 0.15) is 31.2 Å². The second-order valence-electron chi connectivity index (χ2n) is 5.44. The standard InChI is InChI=1S/C15H18N2O3S/c16-9-12-5-7-14(8-6-12)17-15(18)11-21(19,20)10-13-3-1-2-4-13/h5-8,13H,1-4,10-11H2,(H,17,18). The van der Waals surface area contributed by atoms with Crippen LogP contribution in [0.2, 0.25) is 0 Å².